The van der Waals surface area contributed by atoms with Gasteiger partial charge in [0, 0.05) is 31.8 Å². The van der Waals surface area contributed by atoms with Crippen LogP contribution in [0.4, 0.5) is 5.69 Å². The summed E-state index contributed by atoms with van der Waals surface area (Å²) in [5, 5.41) is 3.18. The number of nitrogens with one attached hydrogen (secondary N) is 1. The predicted molar refractivity (Wildman–Crippen MR) is 96.6 cm³/mol. The Morgan fingerprint density at radius 1 is 1.28 bits per heavy atom. The first-order valence-electron chi connectivity index (χ1n) is 7.78. The monoisotopic (exact) mass is 361 g/mol. The molecule has 0 saturated carbocycles. The van der Waals surface area contributed by atoms with Crippen molar-refractivity contribution >= 4 is 29.1 Å². The van der Waals surface area contributed by atoms with Crippen molar-refractivity contribution in [3.05, 3.63) is 53.3 Å². The molecule has 0 bridgehead atoms. The molecule has 0 atom stereocenters. The summed E-state index contributed by atoms with van der Waals surface area (Å²) in [7, 11) is 1.53. The number of ether oxygens (including phenoxy) is 1. The first-order chi connectivity index (χ1) is 12.0. The molecular formula is C18H20ClN3O3. The van der Waals surface area contributed by atoms with Gasteiger partial charge in [-0.2, -0.15) is 0 Å². The van der Waals surface area contributed by atoms with Crippen molar-refractivity contribution in [3.63, 3.8) is 0 Å². The van der Waals surface area contributed by atoms with Crippen LogP contribution in [0.5, 0.6) is 5.75 Å². The van der Waals surface area contributed by atoms with Gasteiger partial charge in [-0.25, -0.2) is 0 Å². The molecule has 0 unspecified atom stereocenters. The van der Waals surface area contributed by atoms with Crippen molar-refractivity contribution in [1.29, 1.82) is 0 Å². The van der Waals surface area contributed by atoms with Crippen molar-refractivity contribution < 1.29 is 14.3 Å². The number of carbonyl (C=O) groups excluding carboxylic acids is 2. The Morgan fingerprint density at radius 2 is 2.08 bits per heavy atom. The molecule has 0 radical (unpaired) electrons. The van der Waals surface area contributed by atoms with E-state index in [-0.39, 0.29) is 18.2 Å². The minimum absolute atomic E-state index is 0.106. The molecule has 2 aromatic rings. The Kier molecular flexibility index (Phi) is 6.77. The summed E-state index contributed by atoms with van der Waals surface area (Å²) >= 11 is 6.04. The highest BCUT2D eigenvalue weighted by molar-refractivity contribution is 6.32. The van der Waals surface area contributed by atoms with Crippen molar-refractivity contribution in [1.82, 2.24) is 9.88 Å². The molecule has 1 aromatic carbocycles. The smallest absolute Gasteiger partial charge is 0.226 e. The van der Waals surface area contributed by atoms with E-state index in [4.69, 9.17) is 16.3 Å². The van der Waals surface area contributed by atoms with Crippen molar-refractivity contribution in [3.8, 4) is 5.75 Å². The minimum Gasteiger partial charge on any atom is -0.495 e. The normalized spacial score (nSPS) is 10.2. The van der Waals surface area contributed by atoms with Crippen LogP contribution in [0, 0.1) is 0 Å². The molecule has 6 nitrogen and oxygen atoms in total. The van der Waals surface area contributed by atoms with E-state index < -0.39 is 0 Å². The molecular weight excluding hydrogens is 342 g/mol. The van der Waals surface area contributed by atoms with Gasteiger partial charge in [-0.15, -0.1) is 0 Å². The highest BCUT2D eigenvalue weighted by atomic mass is 35.5. The molecule has 0 spiro atoms. The Hall–Kier alpha value is -2.60. The van der Waals surface area contributed by atoms with Crippen LogP contribution >= 0.6 is 11.6 Å². The molecule has 0 aliphatic carbocycles. The summed E-state index contributed by atoms with van der Waals surface area (Å²) < 4.78 is 5.07. The Bertz CT molecular complexity index is 738. The van der Waals surface area contributed by atoms with Gasteiger partial charge in [0.1, 0.15) is 5.75 Å². The van der Waals surface area contributed by atoms with E-state index in [9.17, 15) is 9.59 Å². The van der Waals surface area contributed by atoms with Crippen molar-refractivity contribution in [2.24, 2.45) is 0 Å². The zero-order chi connectivity index (χ0) is 18.2. The van der Waals surface area contributed by atoms with Gasteiger partial charge in [-0.05, 0) is 30.3 Å². The highest BCUT2D eigenvalue weighted by Crippen LogP contribution is 2.27. The number of halogens is 1. The van der Waals surface area contributed by atoms with Crippen LogP contribution < -0.4 is 10.1 Å². The van der Waals surface area contributed by atoms with E-state index in [1.54, 1.807) is 29.3 Å². The first kappa shape index (κ1) is 18.7. The number of hydrogen-bond acceptors (Lipinski definition) is 4. The summed E-state index contributed by atoms with van der Waals surface area (Å²) in [6.07, 6.45) is 1.85. The zero-order valence-electron chi connectivity index (χ0n) is 14.2. The lowest BCUT2D eigenvalue weighted by molar-refractivity contribution is -0.130. The average Bonchev–Trinajstić information content (AvgIpc) is 2.59. The quantitative estimate of drug-likeness (QED) is 0.822. The Labute approximate surface area is 151 Å². The van der Waals surface area contributed by atoms with E-state index in [0.717, 1.165) is 5.69 Å². The molecule has 0 fully saturated rings. The predicted octanol–water partition coefficient (Wildman–Crippen LogP) is 3.12. The van der Waals surface area contributed by atoms with Gasteiger partial charge in [-0.1, -0.05) is 17.7 Å². The molecule has 2 amide bonds. The molecule has 0 aliphatic rings. The van der Waals surface area contributed by atoms with Crippen LogP contribution in [0.1, 0.15) is 19.0 Å². The van der Waals surface area contributed by atoms with Crippen LogP contribution in [0.3, 0.4) is 0 Å². The number of benzene rings is 1. The number of pyridine rings is 1. The number of carbonyl (C=O) groups is 2. The fourth-order valence-corrected chi connectivity index (χ4v) is 2.50. The summed E-state index contributed by atoms with van der Waals surface area (Å²) in [4.78, 5) is 29.7. The van der Waals surface area contributed by atoms with E-state index in [1.165, 1.54) is 14.0 Å². The second-order valence-corrected chi connectivity index (χ2v) is 5.82. The number of amides is 2. The van der Waals surface area contributed by atoms with E-state index in [0.29, 0.717) is 29.5 Å². The summed E-state index contributed by atoms with van der Waals surface area (Å²) in [6, 6.07) is 10.5. The third-order valence-electron chi connectivity index (χ3n) is 3.57. The summed E-state index contributed by atoms with van der Waals surface area (Å²) in [5.74, 6) is 0.234. The molecule has 1 aromatic heterocycles. The maximum absolute atomic E-state index is 12.1. The second kappa shape index (κ2) is 9.03. The van der Waals surface area contributed by atoms with Gasteiger partial charge >= 0.3 is 0 Å². The number of methoxy groups -OCH3 is 1. The molecule has 1 heterocycles. The number of anilines is 1. The Morgan fingerprint density at radius 3 is 2.68 bits per heavy atom. The summed E-state index contributed by atoms with van der Waals surface area (Å²) in [5.41, 5.74) is 1.36. The molecule has 1 N–H and O–H groups in total. The maximum Gasteiger partial charge on any atom is 0.226 e. The molecule has 2 rings (SSSR count). The Balaban J connectivity index is 1.90. The van der Waals surface area contributed by atoms with Crippen LogP contribution in [-0.2, 0) is 16.1 Å². The lowest BCUT2D eigenvalue weighted by atomic mass is 10.2. The standard InChI is InChI=1S/C18H20ClN3O3/c1-13(23)22(12-15-5-3-4-9-20-15)10-8-18(24)21-14-6-7-17(25-2)16(19)11-14/h3-7,9,11H,8,10,12H2,1-2H3,(H,21,24). The fraction of sp³-hybridized carbons (Fsp3) is 0.278. The third kappa shape index (κ3) is 5.76. The van der Waals surface area contributed by atoms with Crippen molar-refractivity contribution in [2.45, 2.75) is 19.9 Å². The molecule has 0 saturated heterocycles. The third-order valence-corrected chi connectivity index (χ3v) is 3.86. The molecule has 0 aliphatic heterocycles. The number of hydrogen-bond donors (Lipinski definition) is 1. The lowest BCUT2D eigenvalue weighted by Gasteiger charge is -2.20. The number of rotatable bonds is 7. The van der Waals surface area contributed by atoms with Gasteiger partial charge in [0.2, 0.25) is 11.8 Å². The SMILES string of the molecule is COc1ccc(NC(=O)CCN(Cc2ccccn2)C(C)=O)cc1Cl. The lowest BCUT2D eigenvalue weighted by Crippen LogP contribution is -2.31. The molecule has 132 valence electrons. The van der Waals surface area contributed by atoms with Crippen LogP contribution in [0.2, 0.25) is 5.02 Å². The average molecular weight is 362 g/mol. The highest BCUT2D eigenvalue weighted by Gasteiger charge is 2.13. The zero-order valence-corrected chi connectivity index (χ0v) is 14.9. The van der Waals surface area contributed by atoms with E-state index in [2.05, 4.69) is 10.3 Å². The van der Waals surface area contributed by atoms with Crippen LogP contribution in [0.25, 0.3) is 0 Å². The van der Waals surface area contributed by atoms with Gasteiger partial charge in [0.25, 0.3) is 0 Å². The van der Waals surface area contributed by atoms with E-state index >= 15 is 0 Å². The van der Waals surface area contributed by atoms with Gasteiger partial charge in [-0.3, -0.25) is 14.6 Å². The first-order valence-corrected chi connectivity index (χ1v) is 8.16. The fourth-order valence-electron chi connectivity index (χ4n) is 2.24. The van der Waals surface area contributed by atoms with E-state index in [1.807, 2.05) is 18.2 Å². The molecule has 7 heteroatoms. The van der Waals surface area contributed by atoms with Gasteiger partial charge in [0.05, 0.1) is 24.4 Å². The number of aromatic nitrogens is 1. The van der Waals surface area contributed by atoms with Gasteiger partial charge < -0.3 is 15.0 Å². The summed E-state index contributed by atoms with van der Waals surface area (Å²) in [6.45, 7) is 2.16. The maximum atomic E-state index is 12.1. The van der Waals surface area contributed by atoms with Crippen LogP contribution in [0.15, 0.2) is 42.6 Å². The van der Waals surface area contributed by atoms with Crippen molar-refractivity contribution in [2.75, 3.05) is 19.0 Å². The van der Waals surface area contributed by atoms with Gasteiger partial charge in [0.15, 0.2) is 0 Å². The second-order valence-electron chi connectivity index (χ2n) is 5.41. The topological polar surface area (TPSA) is 71.5 Å². The van der Waals surface area contributed by atoms with Crippen LogP contribution in [-0.4, -0.2) is 35.4 Å². The molecule has 25 heavy (non-hydrogen) atoms. The minimum atomic E-state index is -0.200. The number of nitrogens with zero attached hydrogens (tertiary/aromatic N) is 2. The largest absolute Gasteiger partial charge is 0.495 e.